The van der Waals surface area contributed by atoms with Crippen molar-refractivity contribution >= 4 is 0 Å². The van der Waals surface area contributed by atoms with Crippen molar-refractivity contribution in [2.75, 3.05) is 0 Å². The predicted octanol–water partition coefficient (Wildman–Crippen LogP) is 3.58. The minimum atomic E-state index is -0.952. The molecule has 1 aliphatic carbocycles. The van der Waals surface area contributed by atoms with Gasteiger partial charge in [-0.1, -0.05) is 30.3 Å². The van der Waals surface area contributed by atoms with Crippen LogP contribution in [0.15, 0.2) is 42.5 Å². The maximum atomic E-state index is 13.3. The summed E-state index contributed by atoms with van der Waals surface area (Å²) >= 11 is 0. The number of nitriles is 1. The molecule has 0 saturated carbocycles. The Hall–Kier alpha value is -2.18. The number of rotatable bonds is 2. The molecule has 1 N–H and O–H groups in total. The van der Waals surface area contributed by atoms with Crippen molar-refractivity contribution in [1.29, 1.82) is 5.26 Å². The second-order valence-corrected chi connectivity index (χ2v) is 5.64. The van der Waals surface area contributed by atoms with Crippen molar-refractivity contribution in [3.05, 3.63) is 70.5 Å². The zero-order chi connectivity index (χ0) is 15.0. The number of aliphatic hydroxyl groups is 1. The van der Waals surface area contributed by atoms with E-state index in [0.717, 1.165) is 17.5 Å². The van der Waals surface area contributed by atoms with Crippen LogP contribution in [0.4, 0.5) is 4.39 Å². The van der Waals surface area contributed by atoms with Crippen molar-refractivity contribution < 1.29 is 9.50 Å². The number of nitrogens with zero attached hydrogens (tertiary/aromatic N) is 1. The zero-order valence-electron chi connectivity index (χ0n) is 11.8. The summed E-state index contributed by atoms with van der Waals surface area (Å²) < 4.78 is 13.3. The predicted molar refractivity (Wildman–Crippen MR) is 78.2 cm³/mol. The largest absolute Gasteiger partial charge is 0.386 e. The molecule has 0 radical (unpaired) electrons. The Morgan fingerprint density at radius 2 is 2.05 bits per heavy atom. The molecular formula is C18H16FNO. The van der Waals surface area contributed by atoms with E-state index < -0.39 is 11.5 Å². The lowest BCUT2D eigenvalue weighted by Crippen LogP contribution is -2.30. The first-order valence-corrected chi connectivity index (χ1v) is 7.02. The molecule has 0 spiro atoms. The van der Waals surface area contributed by atoms with Gasteiger partial charge in [-0.25, -0.2) is 4.39 Å². The normalized spacial score (nSPS) is 21.6. The van der Waals surface area contributed by atoms with Crippen LogP contribution in [-0.4, -0.2) is 5.11 Å². The Balaban J connectivity index is 2.11. The molecule has 2 aromatic rings. The van der Waals surface area contributed by atoms with Gasteiger partial charge in [0.05, 0.1) is 6.07 Å². The van der Waals surface area contributed by atoms with E-state index in [1.54, 1.807) is 13.0 Å². The Kier molecular flexibility index (Phi) is 3.27. The van der Waals surface area contributed by atoms with Crippen molar-refractivity contribution in [3.63, 3.8) is 0 Å². The number of aliphatic hydroxyl groups excluding tert-OH is 1. The summed E-state index contributed by atoms with van der Waals surface area (Å²) in [6, 6.07) is 14.4. The van der Waals surface area contributed by atoms with Gasteiger partial charge in [-0.2, -0.15) is 5.26 Å². The molecule has 2 aromatic carbocycles. The van der Waals surface area contributed by atoms with Crippen molar-refractivity contribution in [3.8, 4) is 6.07 Å². The Bertz CT molecular complexity index is 734. The molecule has 106 valence electrons. The first-order valence-electron chi connectivity index (χ1n) is 7.02. The van der Waals surface area contributed by atoms with Gasteiger partial charge in [-0.15, -0.1) is 0 Å². The van der Waals surface area contributed by atoms with E-state index in [0.29, 0.717) is 17.5 Å². The molecule has 3 heteroatoms. The molecule has 0 saturated heterocycles. The molecule has 2 nitrogen and oxygen atoms in total. The van der Waals surface area contributed by atoms with Gasteiger partial charge in [-0.05, 0) is 54.2 Å². The molecule has 0 bridgehead atoms. The summed E-state index contributed by atoms with van der Waals surface area (Å²) in [5.41, 5.74) is 2.34. The number of aryl methyl sites for hydroxylation is 2. The van der Waals surface area contributed by atoms with E-state index in [1.807, 2.05) is 24.3 Å². The van der Waals surface area contributed by atoms with E-state index in [2.05, 4.69) is 6.07 Å². The maximum absolute atomic E-state index is 13.3. The summed E-state index contributed by atoms with van der Waals surface area (Å²) in [6.07, 6.45) is 0.411. The number of benzene rings is 2. The minimum absolute atomic E-state index is 0.332. The molecule has 0 fully saturated rings. The molecule has 0 aromatic heterocycles. The monoisotopic (exact) mass is 281 g/mol. The van der Waals surface area contributed by atoms with Crippen LogP contribution in [0.2, 0.25) is 0 Å². The van der Waals surface area contributed by atoms with Gasteiger partial charge in [0.1, 0.15) is 17.3 Å². The van der Waals surface area contributed by atoms with Crippen molar-refractivity contribution in [2.24, 2.45) is 0 Å². The number of halogens is 1. The molecule has 21 heavy (non-hydrogen) atoms. The third kappa shape index (κ3) is 2.03. The lowest BCUT2D eigenvalue weighted by Gasteiger charge is -2.29. The topological polar surface area (TPSA) is 44.0 Å². The van der Waals surface area contributed by atoms with Crippen LogP contribution in [0.5, 0.6) is 0 Å². The lowest BCUT2D eigenvalue weighted by atomic mass is 9.74. The van der Waals surface area contributed by atoms with Gasteiger partial charge in [-0.3, -0.25) is 0 Å². The summed E-state index contributed by atoms with van der Waals surface area (Å²) in [5, 5.41) is 20.6. The van der Waals surface area contributed by atoms with Gasteiger partial charge in [0.15, 0.2) is 0 Å². The molecule has 2 atom stereocenters. The highest BCUT2D eigenvalue weighted by Crippen LogP contribution is 2.47. The average Bonchev–Trinajstić information content (AvgIpc) is 2.87. The summed E-state index contributed by atoms with van der Waals surface area (Å²) in [6.45, 7) is 1.76. The molecule has 1 aliphatic rings. The van der Waals surface area contributed by atoms with Crippen LogP contribution in [-0.2, 0) is 11.8 Å². The highest BCUT2D eigenvalue weighted by atomic mass is 19.1. The first-order chi connectivity index (χ1) is 10.1. The van der Waals surface area contributed by atoms with Crippen LogP contribution in [0.3, 0.4) is 0 Å². The van der Waals surface area contributed by atoms with Crippen LogP contribution in [0.1, 0.15) is 34.8 Å². The molecular weight excluding hydrogens is 265 g/mol. The van der Waals surface area contributed by atoms with E-state index in [4.69, 9.17) is 0 Å². The third-order valence-electron chi connectivity index (χ3n) is 4.48. The fourth-order valence-electron chi connectivity index (χ4n) is 3.31. The van der Waals surface area contributed by atoms with Crippen molar-refractivity contribution in [1.82, 2.24) is 0 Å². The molecule has 2 unspecified atom stereocenters. The zero-order valence-corrected chi connectivity index (χ0v) is 11.8. The van der Waals surface area contributed by atoms with E-state index in [-0.39, 0.29) is 5.82 Å². The summed E-state index contributed by atoms with van der Waals surface area (Å²) in [5.74, 6) is -0.332. The fourth-order valence-corrected chi connectivity index (χ4v) is 3.31. The second-order valence-electron chi connectivity index (χ2n) is 5.64. The van der Waals surface area contributed by atoms with E-state index >= 15 is 0 Å². The number of hydrogen-bond acceptors (Lipinski definition) is 2. The summed E-state index contributed by atoms with van der Waals surface area (Å²) in [7, 11) is 0. The van der Waals surface area contributed by atoms with Crippen LogP contribution in [0, 0.1) is 24.1 Å². The quantitative estimate of drug-likeness (QED) is 0.914. The van der Waals surface area contributed by atoms with Gasteiger partial charge in [0, 0.05) is 0 Å². The minimum Gasteiger partial charge on any atom is -0.386 e. The number of fused-ring (bicyclic) bond motifs is 1. The maximum Gasteiger partial charge on any atom is 0.123 e. The first kappa shape index (κ1) is 13.8. The van der Waals surface area contributed by atoms with E-state index in [9.17, 15) is 14.8 Å². The van der Waals surface area contributed by atoms with Gasteiger partial charge < -0.3 is 5.11 Å². The van der Waals surface area contributed by atoms with Gasteiger partial charge >= 0.3 is 0 Å². The van der Waals surface area contributed by atoms with Gasteiger partial charge in [0.2, 0.25) is 0 Å². The highest BCUT2D eigenvalue weighted by Gasteiger charge is 2.46. The fraction of sp³-hybridized carbons (Fsp3) is 0.278. The smallest absolute Gasteiger partial charge is 0.123 e. The lowest BCUT2D eigenvalue weighted by molar-refractivity contribution is 0.110. The van der Waals surface area contributed by atoms with E-state index in [1.165, 1.54) is 12.1 Å². The van der Waals surface area contributed by atoms with Gasteiger partial charge in [0.25, 0.3) is 0 Å². The average molecular weight is 281 g/mol. The standard InChI is InChI=1S/C18H16FNO/c1-12-10-14(19)6-7-15(12)17(21)18(11-20)9-8-13-4-2-3-5-16(13)18/h2-7,10,17,21H,8-9H2,1H3. The van der Waals surface area contributed by atoms with Crippen LogP contribution < -0.4 is 0 Å². The molecule has 0 heterocycles. The summed E-state index contributed by atoms with van der Waals surface area (Å²) in [4.78, 5) is 0. The second kappa shape index (κ2) is 4.98. The van der Waals surface area contributed by atoms with Crippen LogP contribution in [0.25, 0.3) is 0 Å². The van der Waals surface area contributed by atoms with Crippen molar-refractivity contribution in [2.45, 2.75) is 31.3 Å². The molecule has 0 amide bonds. The highest BCUT2D eigenvalue weighted by molar-refractivity contribution is 5.48. The number of hydrogen-bond donors (Lipinski definition) is 1. The molecule has 3 rings (SSSR count). The van der Waals surface area contributed by atoms with Crippen LogP contribution >= 0.6 is 0 Å². The third-order valence-corrected chi connectivity index (χ3v) is 4.48. The Labute approximate surface area is 123 Å². The molecule has 0 aliphatic heterocycles. The SMILES string of the molecule is Cc1cc(F)ccc1C(O)C1(C#N)CCc2ccccc21. The Morgan fingerprint density at radius 1 is 1.29 bits per heavy atom. The Morgan fingerprint density at radius 3 is 2.76 bits per heavy atom.